The van der Waals surface area contributed by atoms with Crippen molar-refractivity contribution in [3.8, 4) is 22.3 Å². The van der Waals surface area contributed by atoms with Gasteiger partial charge in [-0.3, -0.25) is 38.4 Å². The lowest BCUT2D eigenvalue weighted by Crippen LogP contribution is -2.58. The summed E-state index contributed by atoms with van der Waals surface area (Å²) < 4.78 is 0. The van der Waals surface area contributed by atoms with E-state index in [4.69, 9.17) is 0 Å². The highest BCUT2D eigenvalue weighted by Crippen LogP contribution is 2.45. The highest BCUT2D eigenvalue weighted by Gasteiger charge is 2.48. The van der Waals surface area contributed by atoms with Crippen LogP contribution in [0.5, 0.6) is 0 Å². The van der Waals surface area contributed by atoms with Crippen LogP contribution < -0.4 is 37.2 Å². The minimum atomic E-state index is -0.972. The highest BCUT2D eigenvalue weighted by molar-refractivity contribution is 6.00. The molecule has 6 aliphatic rings. The molecular formula is C69H81N9O8. The van der Waals surface area contributed by atoms with Crippen LogP contribution in [0.3, 0.4) is 0 Å². The molecule has 5 aromatic carbocycles. The number of amides is 7. The second-order valence-corrected chi connectivity index (χ2v) is 24.7. The first kappa shape index (κ1) is 59.7. The molecule has 11 rings (SSSR count). The third-order valence-electron chi connectivity index (χ3n) is 19.4. The summed E-state index contributed by atoms with van der Waals surface area (Å²) in [5, 5.41) is 21.8. The molecule has 0 unspecified atom stereocenters. The van der Waals surface area contributed by atoms with Crippen molar-refractivity contribution in [3.63, 3.8) is 0 Å². The quantitative estimate of drug-likeness (QED) is 0.0409. The lowest BCUT2D eigenvalue weighted by molar-refractivity contribution is -0.143. The number of carbonyl (C=O) groups is 8. The van der Waals surface area contributed by atoms with Gasteiger partial charge in [0.1, 0.15) is 24.2 Å². The van der Waals surface area contributed by atoms with Gasteiger partial charge in [-0.2, -0.15) is 0 Å². The van der Waals surface area contributed by atoms with Crippen molar-refractivity contribution < 1.29 is 38.4 Å². The number of hydrogen-bond acceptors (Lipinski definition) is 10. The minimum Gasteiger partial charge on any atom is -0.347 e. The number of likely N-dealkylation sites (N-methyl/N-ethyl adjacent to an activating group) is 2. The second-order valence-electron chi connectivity index (χ2n) is 24.7. The molecule has 5 aromatic rings. The Morgan fingerprint density at radius 2 is 0.849 bits per heavy atom. The van der Waals surface area contributed by atoms with Crippen LogP contribution >= 0.6 is 0 Å². The third kappa shape index (κ3) is 12.3. The molecular weight excluding hydrogens is 1080 g/mol. The maximum absolute atomic E-state index is 15.1. The first-order valence-electron chi connectivity index (χ1n) is 31.2. The van der Waals surface area contributed by atoms with Gasteiger partial charge in [0.05, 0.1) is 24.2 Å². The molecule has 0 aromatic heterocycles. The largest absolute Gasteiger partial charge is 0.347 e. The van der Waals surface area contributed by atoms with Gasteiger partial charge in [0.15, 0.2) is 5.78 Å². The number of fused-ring (bicyclic) bond motifs is 6. The van der Waals surface area contributed by atoms with Crippen LogP contribution in [0.2, 0.25) is 0 Å². The van der Waals surface area contributed by atoms with Gasteiger partial charge in [-0.05, 0) is 141 Å². The summed E-state index contributed by atoms with van der Waals surface area (Å²) in [5.74, 6) is -3.31. The van der Waals surface area contributed by atoms with Gasteiger partial charge in [-0.1, -0.05) is 148 Å². The van der Waals surface area contributed by atoms with Crippen LogP contribution in [0.25, 0.3) is 22.3 Å². The summed E-state index contributed by atoms with van der Waals surface area (Å²) in [7, 11) is 3.38. The molecule has 450 valence electrons. The van der Waals surface area contributed by atoms with E-state index >= 15 is 9.59 Å². The molecule has 7 N–H and O–H groups in total. The lowest BCUT2D eigenvalue weighted by Gasteiger charge is -2.35. The zero-order valence-corrected chi connectivity index (χ0v) is 49.7. The Labute approximate surface area is 504 Å². The van der Waals surface area contributed by atoms with E-state index in [1.807, 2.05) is 97.1 Å². The molecule has 2 saturated heterocycles. The van der Waals surface area contributed by atoms with Gasteiger partial charge in [0.2, 0.25) is 35.4 Å². The van der Waals surface area contributed by atoms with Gasteiger partial charge in [0, 0.05) is 36.7 Å². The fourth-order valence-corrected chi connectivity index (χ4v) is 14.4. The molecule has 4 aliphatic carbocycles. The molecule has 86 heavy (non-hydrogen) atoms. The molecule has 2 heterocycles. The number of nitrogens with one attached hydrogen (secondary N) is 7. The molecule has 0 radical (unpaired) electrons. The topological polar surface area (TPSA) is 227 Å². The number of hydrogen-bond donors (Lipinski definition) is 7. The molecule has 2 aliphatic heterocycles. The average molecular weight is 1160 g/mol. The Kier molecular flexibility index (Phi) is 18.3. The predicted octanol–water partition coefficient (Wildman–Crippen LogP) is 7.29. The zero-order valence-electron chi connectivity index (χ0n) is 49.7. The van der Waals surface area contributed by atoms with Crippen molar-refractivity contribution in [1.29, 1.82) is 0 Å². The van der Waals surface area contributed by atoms with Crippen molar-refractivity contribution >= 4 is 47.1 Å². The molecule has 17 heteroatoms. The maximum atomic E-state index is 15.1. The summed E-state index contributed by atoms with van der Waals surface area (Å²) >= 11 is 0. The number of likely N-dealkylation sites (tertiary alicyclic amines) is 2. The molecule has 0 spiro atoms. The van der Waals surface area contributed by atoms with Crippen molar-refractivity contribution in [2.45, 2.75) is 152 Å². The maximum Gasteiger partial charge on any atom is 0.251 e. The van der Waals surface area contributed by atoms with Crippen LogP contribution in [0, 0.1) is 17.8 Å². The highest BCUT2D eigenvalue weighted by atomic mass is 16.2. The average Bonchev–Trinajstić information content (AvgIpc) is 2.69. The smallest absolute Gasteiger partial charge is 0.251 e. The molecule has 7 amide bonds. The fraction of sp³-hybridized carbons (Fsp3) is 0.449. The van der Waals surface area contributed by atoms with Crippen molar-refractivity contribution in [1.82, 2.24) is 47.0 Å². The normalized spacial score (nSPS) is 21.6. The predicted molar refractivity (Wildman–Crippen MR) is 328 cm³/mol. The van der Waals surface area contributed by atoms with E-state index in [0.717, 1.165) is 109 Å². The van der Waals surface area contributed by atoms with E-state index in [-0.39, 0.29) is 91.0 Å². The Morgan fingerprint density at radius 3 is 1.27 bits per heavy atom. The van der Waals surface area contributed by atoms with Crippen LogP contribution in [-0.4, -0.2) is 126 Å². The SMILES string of the molecule is CN[C@@H](C)C(=O)N[C@H](C(=O)N1C[C@@H](CC(=O)c2ccc(C(=O)N[C@H]3C[C@@H](C(=O)NC4c5ccccc5-c5ccccc54)N(C(=O)[C@@H](NC(=O)[C@H](C)NC)C4CCCCC4)C3)cc2)C[C@H]1C(=O)NC1c2ccccc2-c2ccccc21)C1CCCCC1. The van der Waals surface area contributed by atoms with E-state index in [1.165, 1.54) is 0 Å². The summed E-state index contributed by atoms with van der Waals surface area (Å²) in [6.45, 7) is 3.64. The Balaban J connectivity index is 0.805. The number of rotatable bonds is 19. The van der Waals surface area contributed by atoms with Gasteiger partial charge in [0.25, 0.3) is 5.91 Å². The standard InChI is InChI=1S/C69H81N9O8/c1-40(70-3)63(80)73-59(44-19-7-5-8-20-44)68(85)77-38-42(35-56(77)66(83)75-61-52-27-15-11-23-48(52)49-24-12-16-28-53(49)61)36-58(79)43-31-33-46(34-32-43)65(82)72-47-37-57(67(84)76-62-54-29-17-13-25-50(54)51-26-14-18-30-55(51)62)78(39-47)69(86)60(45-21-9-6-10-22-45)74-64(81)41(2)71-4/h11-18,23-34,40-42,44-45,47,56-57,59-62,70-71H,5-10,19-22,35-39H2,1-4H3,(H,72,82)(H,73,80)(H,74,81)(H,75,83)(H,76,84)/t40-,41-,42+,47-,56-,57-,59-,60-/m0/s1. The molecule has 4 fully saturated rings. The van der Waals surface area contributed by atoms with Crippen LogP contribution in [0.15, 0.2) is 121 Å². The van der Waals surface area contributed by atoms with Crippen molar-refractivity contribution in [3.05, 3.63) is 155 Å². The van der Waals surface area contributed by atoms with E-state index in [2.05, 4.69) is 37.2 Å². The fourth-order valence-electron chi connectivity index (χ4n) is 14.4. The molecule has 0 bridgehead atoms. The van der Waals surface area contributed by atoms with Crippen LogP contribution in [-0.2, 0) is 28.8 Å². The number of carbonyl (C=O) groups excluding carboxylic acids is 8. The number of nitrogens with zero attached hydrogens (tertiary/aromatic N) is 2. The second kappa shape index (κ2) is 26.3. The first-order valence-corrected chi connectivity index (χ1v) is 31.2. The van der Waals surface area contributed by atoms with Crippen molar-refractivity contribution in [2.75, 3.05) is 27.2 Å². The summed E-state index contributed by atoms with van der Waals surface area (Å²) in [4.78, 5) is 119. The number of Topliss-reactive ketones (excluding diaryl/α,β-unsaturated/α-hetero) is 1. The van der Waals surface area contributed by atoms with Crippen molar-refractivity contribution in [2.24, 2.45) is 17.8 Å². The molecule has 8 atom stereocenters. The first-order chi connectivity index (χ1) is 41.7. The summed E-state index contributed by atoms with van der Waals surface area (Å²) in [6.07, 6.45) is 9.20. The van der Waals surface area contributed by atoms with E-state index in [1.54, 1.807) is 62.0 Å². The Morgan fingerprint density at radius 1 is 0.465 bits per heavy atom. The van der Waals surface area contributed by atoms with Gasteiger partial charge < -0.3 is 47.0 Å². The third-order valence-corrected chi connectivity index (χ3v) is 19.4. The van der Waals surface area contributed by atoms with Gasteiger partial charge >= 0.3 is 0 Å². The molecule has 2 saturated carbocycles. The lowest BCUT2D eigenvalue weighted by atomic mass is 9.83. The Bertz CT molecular complexity index is 3060. The van der Waals surface area contributed by atoms with E-state index < -0.39 is 66.2 Å². The monoisotopic (exact) mass is 1160 g/mol. The Hall–Kier alpha value is -8.02. The van der Waals surface area contributed by atoms with E-state index in [9.17, 15) is 28.8 Å². The minimum absolute atomic E-state index is 0.0228. The summed E-state index contributed by atoms with van der Waals surface area (Å²) in [5.41, 5.74) is 8.54. The number of benzene rings is 5. The summed E-state index contributed by atoms with van der Waals surface area (Å²) in [6, 6.07) is 31.9. The zero-order chi connectivity index (χ0) is 60.2. The van der Waals surface area contributed by atoms with Crippen LogP contribution in [0.1, 0.15) is 152 Å². The van der Waals surface area contributed by atoms with Gasteiger partial charge in [-0.15, -0.1) is 0 Å². The molecule has 17 nitrogen and oxygen atoms in total. The van der Waals surface area contributed by atoms with Crippen LogP contribution in [0.4, 0.5) is 0 Å². The number of ketones is 1. The van der Waals surface area contributed by atoms with Gasteiger partial charge in [-0.25, -0.2) is 0 Å². The van der Waals surface area contributed by atoms with E-state index in [0.29, 0.717) is 5.56 Å².